The first kappa shape index (κ1) is 13.4. The summed E-state index contributed by atoms with van der Waals surface area (Å²) in [6.45, 7) is 12.1. The van der Waals surface area contributed by atoms with Crippen LogP contribution < -0.4 is 10.1 Å². The van der Waals surface area contributed by atoms with Crippen molar-refractivity contribution in [2.24, 2.45) is 0 Å². The molecule has 1 N–H and O–H groups in total. The SMILES string of the molecule is CCNC1CC(C)Oc2ccc(C(C)(C)C)cc21. The lowest BCUT2D eigenvalue weighted by Crippen LogP contribution is -2.31. The summed E-state index contributed by atoms with van der Waals surface area (Å²) in [7, 11) is 0. The van der Waals surface area contributed by atoms with E-state index in [1.54, 1.807) is 0 Å². The third kappa shape index (κ3) is 2.69. The molecule has 0 bridgehead atoms. The van der Waals surface area contributed by atoms with Gasteiger partial charge in [-0.05, 0) is 36.6 Å². The quantitative estimate of drug-likeness (QED) is 0.858. The van der Waals surface area contributed by atoms with E-state index in [1.165, 1.54) is 11.1 Å². The van der Waals surface area contributed by atoms with E-state index in [-0.39, 0.29) is 5.41 Å². The monoisotopic (exact) mass is 247 g/mol. The van der Waals surface area contributed by atoms with Crippen LogP contribution in [-0.2, 0) is 5.41 Å². The normalized spacial score (nSPS) is 23.4. The van der Waals surface area contributed by atoms with Crippen LogP contribution in [0.3, 0.4) is 0 Å². The molecule has 1 aliphatic heterocycles. The largest absolute Gasteiger partial charge is 0.490 e. The van der Waals surface area contributed by atoms with E-state index in [4.69, 9.17) is 4.74 Å². The molecular weight excluding hydrogens is 222 g/mol. The van der Waals surface area contributed by atoms with E-state index >= 15 is 0 Å². The molecule has 2 heteroatoms. The number of fused-ring (bicyclic) bond motifs is 1. The lowest BCUT2D eigenvalue weighted by atomic mass is 9.84. The predicted molar refractivity (Wildman–Crippen MR) is 76.3 cm³/mol. The highest BCUT2D eigenvalue weighted by atomic mass is 16.5. The molecule has 18 heavy (non-hydrogen) atoms. The molecule has 0 radical (unpaired) electrons. The molecule has 1 aliphatic rings. The van der Waals surface area contributed by atoms with Crippen molar-refractivity contribution in [1.82, 2.24) is 5.32 Å². The van der Waals surface area contributed by atoms with Crippen molar-refractivity contribution in [2.75, 3.05) is 6.54 Å². The number of benzene rings is 1. The minimum atomic E-state index is 0.189. The van der Waals surface area contributed by atoms with Crippen molar-refractivity contribution < 1.29 is 4.74 Å². The lowest BCUT2D eigenvalue weighted by Gasteiger charge is -2.32. The summed E-state index contributed by atoms with van der Waals surface area (Å²) >= 11 is 0. The molecule has 1 aromatic rings. The van der Waals surface area contributed by atoms with Gasteiger partial charge < -0.3 is 10.1 Å². The second-order valence-corrected chi connectivity index (χ2v) is 6.28. The average molecular weight is 247 g/mol. The maximum Gasteiger partial charge on any atom is 0.124 e. The molecule has 2 unspecified atom stereocenters. The molecule has 0 fully saturated rings. The zero-order valence-corrected chi connectivity index (χ0v) is 12.2. The van der Waals surface area contributed by atoms with Gasteiger partial charge in [-0.1, -0.05) is 33.8 Å². The van der Waals surface area contributed by atoms with Crippen molar-refractivity contribution in [3.63, 3.8) is 0 Å². The number of ether oxygens (including phenoxy) is 1. The van der Waals surface area contributed by atoms with E-state index in [9.17, 15) is 0 Å². The Morgan fingerprint density at radius 2 is 2.06 bits per heavy atom. The molecule has 0 aromatic heterocycles. The summed E-state index contributed by atoms with van der Waals surface area (Å²) in [4.78, 5) is 0. The highest BCUT2D eigenvalue weighted by Crippen LogP contribution is 2.37. The summed E-state index contributed by atoms with van der Waals surface area (Å²) in [5.74, 6) is 1.05. The van der Waals surface area contributed by atoms with Gasteiger partial charge in [0.25, 0.3) is 0 Å². The second kappa shape index (κ2) is 4.93. The van der Waals surface area contributed by atoms with E-state index in [1.807, 2.05) is 0 Å². The summed E-state index contributed by atoms with van der Waals surface area (Å²) < 4.78 is 5.94. The van der Waals surface area contributed by atoms with Crippen LogP contribution in [0, 0.1) is 0 Å². The number of nitrogens with one attached hydrogen (secondary N) is 1. The first-order chi connectivity index (χ1) is 8.41. The maximum atomic E-state index is 5.94. The highest BCUT2D eigenvalue weighted by Gasteiger charge is 2.26. The molecule has 2 atom stereocenters. The predicted octanol–water partition coefficient (Wildman–Crippen LogP) is 3.81. The second-order valence-electron chi connectivity index (χ2n) is 6.28. The molecule has 0 saturated heterocycles. The molecule has 1 aromatic carbocycles. The van der Waals surface area contributed by atoms with E-state index in [0.29, 0.717) is 12.1 Å². The Kier molecular flexibility index (Phi) is 3.67. The summed E-state index contributed by atoms with van der Waals surface area (Å²) in [6, 6.07) is 7.07. The van der Waals surface area contributed by atoms with Gasteiger partial charge in [0.1, 0.15) is 5.75 Å². The Morgan fingerprint density at radius 1 is 1.33 bits per heavy atom. The maximum absolute atomic E-state index is 5.94. The van der Waals surface area contributed by atoms with Crippen molar-refractivity contribution in [3.8, 4) is 5.75 Å². The van der Waals surface area contributed by atoms with Crippen molar-refractivity contribution in [3.05, 3.63) is 29.3 Å². The number of hydrogen-bond acceptors (Lipinski definition) is 2. The summed E-state index contributed by atoms with van der Waals surface area (Å²) in [5, 5.41) is 3.57. The fourth-order valence-electron chi connectivity index (χ4n) is 2.56. The third-order valence-corrected chi connectivity index (χ3v) is 3.60. The van der Waals surface area contributed by atoms with Gasteiger partial charge in [0.15, 0.2) is 0 Å². The van der Waals surface area contributed by atoms with E-state index in [2.05, 4.69) is 58.1 Å². The first-order valence-corrected chi connectivity index (χ1v) is 6.96. The molecule has 2 nitrogen and oxygen atoms in total. The van der Waals surface area contributed by atoms with Crippen LogP contribution in [0.1, 0.15) is 58.2 Å². The molecule has 2 rings (SSSR count). The van der Waals surface area contributed by atoms with Crippen LogP contribution in [0.4, 0.5) is 0 Å². The van der Waals surface area contributed by atoms with Gasteiger partial charge in [-0.15, -0.1) is 0 Å². The Hall–Kier alpha value is -1.02. The van der Waals surface area contributed by atoms with Gasteiger partial charge in [0, 0.05) is 18.0 Å². The molecular formula is C16H25NO. The Bertz CT molecular complexity index is 420. The van der Waals surface area contributed by atoms with E-state index in [0.717, 1.165) is 18.7 Å². The standard InChI is InChI=1S/C16H25NO/c1-6-17-14-9-11(2)18-15-8-7-12(10-13(14)15)16(3,4)5/h7-8,10-11,14,17H,6,9H2,1-5H3. The fraction of sp³-hybridized carbons (Fsp3) is 0.625. The Labute approximate surface area is 111 Å². The molecule has 0 aliphatic carbocycles. The Morgan fingerprint density at radius 3 is 2.67 bits per heavy atom. The van der Waals surface area contributed by atoms with Crippen molar-refractivity contribution in [1.29, 1.82) is 0 Å². The van der Waals surface area contributed by atoms with Gasteiger partial charge in [0.2, 0.25) is 0 Å². The van der Waals surface area contributed by atoms with Crippen LogP contribution >= 0.6 is 0 Å². The summed E-state index contributed by atoms with van der Waals surface area (Å²) in [5.41, 5.74) is 2.89. The molecule has 0 amide bonds. The molecule has 1 heterocycles. The van der Waals surface area contributed by atoms with Crippen LogP contribution in [-0.4, -0.2) is 12.6 Å². The fourth-order valence-corrected chi connectivity index (χ4v) is 2.56. The highest BCUT2D eigenvalue weighted by molar-refractivity contribution is 5.43. The van der Waals surface area contributed by atoms with Crippen molar-refractivity contribution >= 4 is 0 Å². The number of hydrogen-bond donors (Lipinski definition) is 1. The molecule has 0 spiro atoms. The summed E-state index contributed by atoms with van der Waals surface area (Å²) in [6.07, 6.45) is 1.34. The van der Waals surface area contributed by atoms with Gasteiger partial charge in [-0.3, -0.25) is 0 Å². The Balaban J connectivity index is 2.39. The van der Waals surface area contributed by atoms with Crippen LogP contribution in [0.15, 0.2) is 18.2 Å². The minimum absolute atomic E-state index is 0.189. The van der Waals surface area contributed by atoms with Gasteiger partial charge in [-0.2, -0.15) is 0 Å². The average Bonchev–Trinajstić information content (AvgIpc) is 2.27. The van der Waals surface area contributed by atoms with Gasteiger partial charge in [0.05, 0.1) is 6.10 Å². The first-order valence-electron chi connectivity index (χ1n) is 6.96. The lowest BCUT2D eigenvalue weighted by molar-refractivity contribution is 0.167. The van der Waals surface area contributed by atoms with Gasteiger partial charge >= 0.3 is 0 Å². The van der Waals surface area contributed by atoms with Crippen LogP contribution in [0.2, 0.25) is 0 Å². The zero-order valence-electron chi connectivity index (χ0n) is 12.2. The number of rotatable bonds is 2. The van der Waals surface area contributed by atoms with Crippen LogP contribution in [0.5, 0.6) is 5.75 Å². The van der Waals surface area contributed by atoms with Gasteiger partial charge in [-0.25, -0.2) is 0 Å². The smallest absolute Gasteiger partial charge is 0.124 e. The minimum Gasteiger partial charge on any atom is -0.490 e. The topological polar surface area (TPSA) is 21.3 Å². The van der Waals surface area contributed by atoms with E-state index < -0.39 is 0 Å². The third-order valence-electron chi connectivity index (χ3n) is 3.60. The zero-order chi connectivity index (χ0) is 13.3. The van der Waals surface area contributed by atoms with Crippen molar-refractivity contribution in [2.45, 2.75) is 58.6 Å². The molecule has 100 valence electrons. The van der Waals surface area contributed by atoms with Crippen LogP contribution in [0.25, 0.3) is 0 Å². The molecule has 0 saturated carbocycles.